The van der Waals surface area contributed by atoms with Crippen molar-refractivity contribution in [2.24, 2.45) is 0 Å². The highest BCUT2D eigenvalue weighted by Gasteiger charge is 2.11. The van der Waals surface area contributed by atoms with Crippen molar-refractivity contribution in [3.63, 3.8) is 0 Å². The van der Waals surface area contributed by atoms with Gasteiger partial charge >= 0.3 is 5.97 Å². The van der Waals surface area contributed by atoms with Crippen LogP contribution in [0.4, 0.5) is 0 Å². The van der Waals surface area contributed by atoms with Crippen molar-refractivity contribution in [3.05, 3.63) is 24.3 Å². The van der Waals surface area contributed by atoms with E-state index < -0.39 is 24.4 Å². The average Bonchev–Trinajstić information content (AvgIpc) is 2.63. The fraction of sp³-hybridized carbons (Fsp3) is 0.762. The Morgan fingerprint density at radius 2 is 1.68 bits per heavy atom. The van der Waals surface area contributed by atoms with Gasteiger partial charge in [-0.05, 0) is 38.5 Å². The number of hydrogen-bond acceptors (Lipinski definition) is 3. The zero-order valence-electron chi connectivity index (χ0n) is 20.4. The predicted molar refractivity (Wildman–Crippen MR) is 107 cm³/mol. The second kappa shape index (κ2) is 19.5. The highest BCUT2D eigenvalue weighted by Crippen LogP contribution is 2.09. The number of halogens is 1. The van der Waals surface area contributed by atoms with Crippen LogP contribution in [0.1, 0.15) is 90.8 Å². The molecule has 0 bridgehead atoms. The van der Waals surface area contributed by atoms with Gasteiger partial charge in [-0.25, -0.2) is 0 Å². The molecule has 4 heteroatoms. The first-order valence-corrected chi connectivity index (χ1v) is 9.76. The lowest BCUT2D eigenvalue weighted by atomic mass is 10.1. The van der Waals surface area contributed by atoms with Crippen LogP contribution in [0.5, 0.6) is 0 Å². The molecule has 0 rings (SSSR count). The van der Waals surface area contributed by atoms with Crippen molar-refractivity contribution < 1.29 is 21.5 Å². The topological polar surface area (TPSA) is 46.5 Å². The van der Waals surface area contributed by atoms with E-state index in [2.05, 4.69) is 36.0 Å². The molecule has 0 heterocycles. The minimum absolute atomic E-state index is 0.0891. The number of hydrogen-bond donors (Lipinski definition) is 1. The lowest BCUT2D eigenvalue weighted by molar-refractivity contribution is -0.149. The van der Waals surface area contributed by atoms with Crippen molar-refractivity contribution in [3.8, 4) is 0 Å². The predicted octanol–water partition coefficient (Wildman–Crippen LogP) is 5.94. The summed E-state index contributed by atoms with van der Waals surface area (Å²) in [6.07, 6.45) is 16.7. The van der Waals surface area contributed by atoms with Gasteiger partial charge in [0.25, 0.3) is 0 Å². The smallest absolute Gasteiger partial charge is 0.306 e. The van der Waals surface area contributed by atoms with Crippen LogP contribution in [0.25, 0.3) is 0 Å². The first kappa shape index (κ1) is 16.4. The number of carbonyl (C=O) groups is 1. The van der Waals surface area contributed by atoms with E-state index in [0.29, 0.717) is 6.42 Å². The van der Waals surface area contributed by atoms with Crippen LogP contribution in [0.15, 0.2) is 24.3 Å². The molecule has 0 aliphatic heterocycles. The Morgan fingerprint density at radius 1 is 1.08 bits per heavy atom. The number of alkyl halides is 1. The summed E-state index contributed by atoms with van der Waals surface area (Å²) in [6.45, 7) is -1.24. The molecule has 0 aliphatic rings. The van der Waals surface area contributed by atoms with Crippen LogP contribution in [-0.2, 0) is 9.53 Å². The Hall–Kier alpha value is -0.800. The van der Waals surface area contributed by atoms with Gasteiger partial charge in [0.15, 0.2) is 0 Å². The van der Waals surface area contributed by atoms with Crippen molar-refractivity contribution >= 4 is 17.6 Å². The minimum Gasteiger partial charge on any atom is -0.459 e. The summed E-state index contributed by atoms with van der Waals surface area (Å²) in [5.74, 6) is -4.04. The molecule has 0 saturated heterocycles. The molecule has 0 aliphatic carbocycles. The maximum absolute atomic E-state index is 11.8. The fourth-order valence-corrected chi connectivity index (χ4v) is 2.39. The van der Waals surface area contributed by atoms with Crippen LogP contribution in [0.3, 0.4) is 0 Å². The molecule has 146 valence electrons. The first-order valence-electron chi connectivity index (χ1n) is 11.9. The van der Waals surface area contributed by atoms with Gasteiger partial charge in [0.2, 0.25) is 0 Å². The monoisotopic (exact) mass is 377 g/mol. The molecule has 0 aromatic heterocycles. The molecular weight excluding hydrogens is 336 g/mol. The van der Waals surface area contributed by atoms with Gasteiger partial charge in [-0.2, -0.15) is 0 Å². The number of aliphatic hydroxyl groups is 1. The van der Waals surface area contributed by atoms with E-state index in [1.54, 1.807) is 0 Å². The SMILES string of the molecule is [2H]C([2H])(O)C([2H])(OC(=O)CCCCCCC/C=C/C/C=C/CCCCC)C([2H])([2H])Cl. The van der Waals surface area contributed by atoms with E-state index in [4.69, 9.17) is 18.5 Å². The van der Waals surface area contributed by atoms with E-state index in [1.165, 1.54) is 19.3 Å². The van der Waals surface area contributed by atoms with E-state index in [9.17, 15) is 9.90 Å². The van der Waals surface area contributed by atoms with Crippen LogP contribution >= 0.6 is 11.6 Å². The second-order valence-corrected chi connectivity index (χ2v) is 6.18. The average molecular weight is 378 g/mol. The summed E-state index contributed by atoms with van der Waals surface area (Å²) in [5.41, 5.74) is 0. The molecular formula is C21H37ClO3. The summed E-state index contributed by atoms with van der Waals surface area (Å²) in [5, 5.41) is 9.36. The zero-order chi connectivity index (χ0) is 23.1. The molecule has 25 heavy (non-hydrogen) atoms. The van der Waals surface area contributed by atoms with Crippen LogP contribution in [0, 0.1) is 0 Å². The van der Waals surface area contributed by atoms with E-state index >= 15 is 0 Å². The third-order valence-electron chi connectivity index (χ3n) is 3.73. The Bertz CT molecular complexity index is 514. The number of carbonyl (C=O) groups excluding carboxylic acids is 1. The van der Waals surface area contributed by atoms with Gasteiger partial charge in [0.05, 0.1) is 16.5 Å². The van der Waals surface area contributed by atoms with Crippen molar-refractivity contribution in [2.75, 3.05) is 12.4 Å². The molecule has 0 radical (unpaired) electrons. The Kier molecular flexibility index (Phi) is 12.8. The van der Waals surface area contributed by atoms with Crippen LogP contribution in [-0.4, -0.2) is 29.5 Å². The quantitative estimate of drug-likeness (QED) is 0.147. The molecule has 3 nitrogen and oxygen atoms in total. The molecule has 1 N–H and O–H groups in total. The number of allylic oxidation sites excluding steroid dienone is 4. The van der Waals surface area contributed by atoms with Crippen molar-refractivity contribution in [2.45, 2.75) is 90.1 Å². The zero-order valence-corrected chi connectivity index (χ0v) is 16.2. The molecule has 0 fully saturated rings. The summed E-state index contributed by atoms with van der Waals surface area (Å²) in [4.78, 5) is 11.8. The van der Waals surface area contributed by atoms with Crippen LogP contribution < -0.4 is 0 Å². The fourth-order valence-electron chi connectivity index (χ4n) is 2.31. The minimum atomic E-state index is -3.44. The molecule has 0 aromatic rings. The van der Waals surface area contributed by atoms with Crippen molar-refractivity contribution in [1.82, 2.24) is 0 Å². The Labute approximate surface area is 166 Å². The standard InChI is InChI=1S/C21H37ClO3/c1-2-3-4-5-6-7-8-9-10-11-12-13-14-15-16-17-21(24)25-20(18-22)19-23/h6-7,9-10,20,23H,2-5,8,11-19H2,1H3/b7-6+,10-9+/i18D2,19D2,20D. The third kappa shape index (κ3) is 17.8. The number of unbranched alkanes of at least 4 members (excludes halogenated alkanes) is 8. The number of esters is 1. The van der Waals surface area contributed by atoms with Gasteiger partial charge < -0.3 is 9.84 Å². The lowest BCUT2D eigenvalue weighted by Gasteiger charge is -2.12. The molecule has 1 atom stereocenters. The van der Waals surface area contributed by atoms with E-state index in [1.807, 2.05) is 0 Å². The number of ether oxygens (including phenoxy) is 1. The highest BCUT2D eigenvalue weighted by atomic mass is 35.5. The summed E-state index contributed by atoms with van der Waals surface area (Å²) in [6, 6.07) is 0. The van der Waals surface area contributed by atoms with Gasteiger partial charge in [-0.3, -0.25) is 4.79 Å². The van der Waals surface area contributed by atoms with Gasteiger partial charge in [-0.1, -0.05) is 63.3 Å². The summed E-state index contributed by atoms with van der Waals surface area (Å²) >= 11 is 5.33. The molecule has 0 aromatic carbocycles. The largest absolute Gasteiger partial charge is 0.459 e. The Balaban J connectivity index is 3.87. The maximum Gasteiger partial charge on any atom is 0.306 e. The summed E-state index contributed by atoms with van der Waals surface area (Å²) < 4.78 is 41.1. The Morgan fingerprint density at radius 3 is 2.28 bits per heavy atom. The molecule has 1 unspecified atom stereocenters. The van der Waals surface area contributed by atoms with Gasteiger partial charge in [0.1, 0.15) is 6.08 Å². The maximum atomic E-state index is 11.8. The van der Waals surface area contributed by atoms with Crippen molar-refractivity contribution in [1.29, 1.82) is 0 Å². The first-order chi connectivity index (χ1) is 14.0. The number of rotatable bonds is 17. The van der Waals surface area contributed by atoms with E-state index in [0.717, 1.165) is 44.9 Å². The third-order valence-corrected chi connectivity index (χ3v) is 3.91. The summed E-state index contributed by atoms with van der Waals surface area (Å²) in [7, 11) is 0. The highest BCUT2D eigenvalue weighted by molar-refractivity contribution is 6.18. The molecule has 0 amide bonds. The van der Waals surface area contributed by atoms with Crippen LogP contribution in [0.2, 0.25) is 0 Å². The van der Waals surface area contributed by atoms with E-state index in [-0.39, 0.29) is 6.42 Å². The second-order valence-electron chi connectivity index (χ2n) is 5.99. The normalized spacial score (nSPS) is 18.3. The van der Waals surface area contributed by atoms with Gasteiger partial charge in [-0.15, -0.1) is 11.6 Å². The molecule has 0 saturated carbocycles. The molecule has 0 spiro atoms. The van der Waals surface area contributed by atoms with Gasteiger partial charge in [0, 0.05) is 9.16 Å². The lowest BCUT2D eigenvalue weighted by Crippen LogP contribution is -2.23.